The van der Waals surface area contributed by atoms with Crippen LogP contribution in [0.3, 0.4) is 0 Å². The van der Waals surface area contributed by atoms with Gasteiger partial charge in [-0.05, 0) is 26.0 Å². The zero-order valence-corrected chi connectivity index (χ0v) is 13.4. The largest absolute Gasteiger partial charge is 0.375 e. The number of rotatable bonds is 4. The first-order valence-corrected chi connectivity index (χ1v) is 7.44. The topological polar surface area (TPSA) is 62.7 Å². The lowest BCUT2D eigenvalue weighted by Gasteiger charge is -2.38. The van der Waals surface area contributed by atoms with Crippen LogP contribution in [0, 0.1) is 0 Å². The molecule has 0 bridgehead atoms. The Kier molecular flexibility index (Phi) is 5.13. The summed E-state index contributed by atoms with van der Waals surface area (Å²) < 4.78 is 4.86. The highest BCUT2D eigenvalue weighted by molar-refractivity contribution is 5.87. The van der Waals surface area contributed by atoms with E-state index in [1.807, 2.05) is 36.9 Å². The Hall–Kier alpha value is -1.95. The third kappa shape index (κ3) is 3.44. The summed E-state index contributed by atoms with van der Waals surface area (Å²) in [7, 11) is 1.51. The van der Waals surface area contributed by atoms with Gasteiger partial charge in [-0.25, -0.2) is 0 Å². The Balaban J connectivity index is 1.99. The van der Waals surface area contributed by atoms with E-state index in [0.717, 1.165) is 5.69 Å². The molecule has 0 saturated carbocycles. The van der Waals surface area contributed by atoms with Crippen LogP contribution >= 0.6 is 0 Å². The summed E-state index contributed by atoms with van der Waals surface area (Å²) in [5, 5.41) is 0. The quantitative estimate of drug-likeness (QED) is 0.820. The number of hydrogen-bond acceptors (Lipinski definition) is 4. The van der Waals surface area contributed by atoms with Crippen LogP contribution in [0.5, 0.6) is 0 Å². The minimum Gasteiger partial charge on any atom is -0.375 e. The number of ether oxygens (including phenoxy) is 1. The van der Waals surface area contributed by atoms with Crippen LogP contribution in [0.2, 0.25) is 0 Å². The summed E-state index contributed by atoms with van der Waals surface area (Å²) >= 11 is 0. The summed E-state index contributed by atoms with van der Waals surface area (Å²) in [5.41, 5.74) is 0.0952. The maximum absolute atomic E-state index is 12.8. The normalized spacial score (nSPS) is 15.8. The van der Waals surface area contributed by atoms with Gasteiger partial charge in [0.2, 0.25) is 11.8 Å². The number of carbonyl (C=O) groups excluding carboxylic acids is 2. The van der Waals surface area contributed by atoms with Crippen molar-refractivity contribution >= 4 is 11.8 Å². The molecule has 2 heterocycles. The molecule has 1 aromatic rings. The van der Waals surface area contributed by atoms with E-state index in [0.29, 0.717) is 26.2 Å². The van der Waals surface area contributed by atoms with E-state index in [-0.39, 0.29) is 18.4 Å². The molecule has 0 aliphatic carbocycles. The monoisotopic (exact) mass is 305 g/mol. The molecule has 6 nitrogen and oxygen atoms in total. The van der Waals surface area contributed by atoms with Crippen LogP contribution < -0.4 is 0 Å². The van der Waals surface area contributed by atoms with Crippen molar-refractivity contribution in [2.24, 2.45) is 0 Å². The highest BCUT2D eigenvalue weighted by Crippen LogP contribution is 2.24. The van der Waals surface area contributed by atoms with Crippen LogP contribution in [0.15, 0.2) is 24.4 Å². The molecule has 2 rings (SSSR count). The van der Waals surface area contributed by atoms with Gasteiger partial charge in [0.1, 0.15) is 6.61 Å². The van der Waals surface area contributed by atoms with Gasteiger partial charge < -0.3 is 14.5 Å². The number of aromatic nitrogens is 1. The summed E-state index contributed by atoms with van der Waals surface area (Å²) in [6.45, 7) is 6.06. The molecular formula is C16H23N3O3. The fourth-order valence-corrected chi connectivity index (χ4v) is 2.61. The van der Waals surface area contributed by atoms with E-state index in [1.165, 1.54) is 7.11 Å². The summed E-state index contributed by atoms with van der Waals surface area (Å²) in [6.07, 6.45) is 1.70. The first-order chi connectivity index (χ1) is 10.5. The smallest absolute Gasteiger partial charge is 0.248 e. The van der Waals surface area contributed by atoms with Gasteiger partial charge in [-0.2, -0.15) is 0 Å². The Morgan fingerprint density at radius 2 is 1.82 bits per heavy atom. The van der Waals surface area contributed by atoms with E-state index in [4.69, 9.17) is 4.74 Å². The van der Waals surface area contributed by atoms with Gasteiger partial charge in [0.15, 0.2) is 0 Å². The maximum Gasteiger partial charge on any atom is 0.248 e. The van der Waals surface area contributed by atoms with Crippen molar-refractivity contribution in [2.45, 2.75) is 19.3 Å². The minimum atomic E-state index is -0.667. The van der Waals surface area contributed by atoms with Gasteiger partial charge in [0, 0.05) is 39.5 Å². The van der Waals surface area contributed by atoms with E-state index in [1.54, 1.807) is 11.1 Å². The lowest BCUT2D eigenvalue weighted by atomic mass is 9.86. The molecule has 120 valence electrons. The van der Waals surface area contributed by atoms with Gasteiger partial charge in [0.05, 0.1) is 11.1 Å². The number of methoxy groups -OCH3 is 1. The average Bonchev–Trinajstić information content (AvgIpc) is 2.55. The molecular weight excluding hydrogens is 282 g/mol. The third-order valence-electron chi connectivity index (χ3n) is 4.03. The molecule has 0 radical (unpaired) electrons. The number of carbonyl (C=O) groups is 2. The lowest BCUT2D eigenvalue weighted by Crippen LogP contribution is -2.55. The first-order valence-electron chi connectivity index (χ1n) is 7.44. The number of amides is 2. The zero-order chi connectivity index (χ0) is 16.2. The van der Waals surface area contributed by atoms with Crippen LogP contribution in [-0.2, 0) is 19.7 Å². The molecule has 0 aromatic carbocycles. The van der Waals surface area contributed by atoms with Crippen LogP contribution in [0.1, 0.15) is 19.5 Å². The molecule has 1 saturated heterocycles. The predicted octanol–water partition coefficient (Wildman–Crippen LogP) is 0.676. The van der Waals surface area contributed by atoms with Crippen molar-refractivity contribution in [2.75, 3.05) is 39.9 Å². The number of nitrogens with zero attached hydrogens (tertiary/aromatic N) is 3. The molecule has 1 aliphatic heterocycles. The first kappa shape index (κ1) is 16.4. The van der Waals surface area contributed by atoms with Gasteiger partial charge in [0.25, 0.3) is 0 Å². The van der Waals surface area contributed by atoms with Crippen LogP contribution in [-0.4, -0.2) is 66.5 Å². The van der Waals surface area contributed by atoms with Crippen molar-refractivity contribution in [3.8, 4) is 0 Å². The number of hydrogen-bond donors (Lipinski definition) is 0. The van der Waals surface area contributed by atoms with Crippen molar-refractivity contribution in [1.29, 1.82) is 0 Å². The third-order valence-corrected chi connectivity index (χ3v) is 4.03. The molecule has 0 spiro atoms. The van der Waals surface area contributed by atoms with E-state index in [2.05, 4.69) is 4.98 Å². The average molecular weight is 305 g/mol. The lowest BCUT2D eigenvalue weighted by molar-refractivity contribution is -0.144. The standard InChI is InChI=1S/C16H23N3O3/c1-16(2,13-6-4-5-7-17-13)15(21)19-10-8-18(9-11-19)14(20)12-22-3/h4-7H,8-12H2,1-3H3. The molecule has 1 aliphatic rings. The SMILES string of the molecule is COCC(=O)N1CCN(C(=O)C(C)(C)c2ccccn2)CC1. The van der Waals surface area contributed by atoms with Gasteiger partial charge in [-0.15, -0.1) is 0 Å². The minimum absolute atomic E-state index is 0.0291. The summed E-state index contributed by atoms with van der Waals surface area (Å²) in [4.78, 5) is 32.4. The predicted molar refractivity (Wildman–Crippen MR) is 82.3 cm³/mol. The second-order valence-electron chi connectivity index (χ2n) is 5.95. The molecule has 2 amide bonds. The van der Waals surface area contributed by atoms with Gasteiger partial charge >= 0.3 is 0 Å². The second-order valence-corrected chi connectivity index (χ2v) is 5.95. The van der Waals surface area contributed by atoms with E-state index >= 15 is 0 Å². The molecule has 0 atom stereocenters. The van der Waals surface area contributed by atoms with Crippen LogP contribution in [0.4, 0.5) is 0 Å². The van der Waals surface area contributed by atoms with Crippen LogP contribution in [0.25, 0.3) is 0 Å². The van der Waals surface area contributed by atoms with Crippen molar-refractivity contribution in [1.82, 2.24) is 14.8 Å². The van der Waals surface area contributed by atoms with Crippen molar-refractivity contribution in [3.63, 3.8) is 0 Å². The van der Waals surface area contributed by atoms with Gasteiger partial charge in [-0.3, -0.25) is 14.6 Å². The van der Waals surface area contributed by atoms with Crippen molar-refractivity contribution in [3.05, 3.63) is 30.1 Å². The zero-order valence-electron chi connectivity index (χ0n) is 13.4. The number of pyridine rings is 1. The van der Waals surface area contributed by atoms with E-state index < -0.39 is 5.41 Å². The van der Waals surface area contributed by atoms with Crippen molar-refractivity contribution < 1.29 is 14.3 Å². The summed E-state index contributed by atoms with van der Waals surface area (Å²) in [6, 6.07) is 5.60. The molecule has 0 unspecified atom stereocenters. The second kappa shape index (κ2) is 6.87. The molecule has 6 heteroatoms. The van der Waals surface area contributed by atoms with Gasteiger partial charge in [-0.1, -0.05) is 6.07 Å². The van der Waals surface area contributed by atoms with E-state index in [9.17, 15) is 9.59 Å². The Bertz CT molecular complexity index is 523. The number of piperazine rings is 1. The Labute approximate surface area is 131 Å². The fourth-order valence-electron chi connectivity index (χ4n) is 2.61. The molecule has 22 heavy (non-hydrogen) atoms. The molecule has 1 fully saturated rings. The summed E-state index contributed by atoms with van der Waals surface area (Å²) in [5.74, 6) is 0.0172. The maximum atomic E-state index is 12.8. The molecule has 0 N–H and O–H groups in total. The fraction of sp³-hybridized carbons (Fsp3) is 0.562. The highest BCUT2D eigenvalue weighted by atomic mass is 16.5. The highest BCUT2D eigenvalue weighted by Gasteiger charge is 2.36. The Morgan fingerprint density at radius 3 is 2.36 bits per heavy atom. The molecule has 1 aromatic heterocycles. The Morgan fingerprint density at radius 1 is 1.18 bits per heavy atom.